The van der Waals surface area contributed by atoms with Gasteiger partial charge in [0.15, 0.2) is 5.82 Å². The third-order valence-electron chi connectivity index (χ3n) is 6.36. The fourth-order valence-electron chi connectivity index (χ4n) is 4.34. The van der Waals surface area contributed by atoms with Gasteiger partial charge in [0.2, 0.25) is 0 Å². The van der Waals surface area contributed by atoms with E-state index in [1.165, 1.54) is 4.57 Å². The van der Waals surface area contributed by atoms with Gasteiger partial charge in [-0.2, -0.15) is 0 Å². The topological polar surface area (TPSA) is 87.8 Å². The van der Waals surface area contributed by atoms with E-state index in [2.05, 4.69) is 31.1 Å². The summed E-state index contributed by atoms with van der Waals surface area (Å²) in [5, 5.41) is 5.47. The molecule has 0 aliphatic carbocycles. The second-order valence-electron chi connectivity index (χ2n) is 9.26. The molecular weight excluding hydrogens is 450 g/mol. The van der Waals surface area contributed by atoms with Gasteiger partial charge in [-0.1, -0.05) is 44.2 Å². The number of rotatable bonds is 6. The standard InChI is InChI=1S/C29H27N5O2/c1-19(2)21-10-7-11-23(17-21)27-31-34(28(35)25(30)16-20-8-5-4-6-9-20)29(36)33(27)24-12-13-26-22(18-24)14-15-32(26)3/h4-9,12-15,17-19,25H,16,30H2,1-3H3. The SMILES string of the molecule is CC(C)c1[c]c[c]c(-c2nn(C(=O)C(N)Cc3ccccc3)c(=O)n2-c2ccc3c(ccn3C)c2)c1. The van der Waals surface area contributed by atoms with Crippen LogP contribution in [0.2, 0.25) is 0 Å². The first-order valence-corrected chi connectivity index (χ1v) is 11.9. The van der Waals surface area contributed by atoms with Crippen molar-refractivity contribution in [2.24, 2.45) is 12.8 Å². The second-order valence-corrected chi connectivity index (χ2v) is 9.26. The average Bonchev–Trinajstić information content (AvgIpc) is 3.43. The number of aromatic nitrogens is 4. The molecule has 3 aromatic carbocycles. The van der Waals surface area contributed by atoms with Crippen molar-refractivity contribution in [3.8, 4) is 17.1 Å². The highest BCUT2D eigenvalue weighted by atomic mass is 16.2. The Hall–Kier alpha value is -4.23. The van der Waals surface area contributed by atoms with Crippen molar-refractivity contribution in [1.29, 1.82) is 0 Å². The maximum atomic E-state index is 13.7. The summed E-state index contributed by atoms with van der Waals surface area (Å²) >= 11 is 0. The van der Waals surface area contributed by atoms with E-state index in [-0.39, 0.29) is 5.92 Å². The lowest BCUT2D eigenvalue weighted by molar-refractivity contribution is 0.0858. The number of aryl methyl sites for hydroxylation is 1. The summed E-state index contributed by atoms with van der Waals surface area (Å²) in [5.74, 6) is -0.00938. The number of hydrogen-bond acceptors (Lipinski definition) is 4. The Labute approximate surface area is 209 Å². The summed E-state index contributed by atoms with van der Waals surface area (Å²) in [4.78, 5) is 27.0. The summed E-state index contributed by atoms with van der Waals surface area (Å²) in [6, 6.07) is 26.2. The average molecular weight is 478 g/mol. The number of carbonyl (C=O) groups excluding carboxylic acids is 1. The predicted octanol–water partition coefficient (Wildman–Crippen LogP) is 4.13. The molecule has 0 amide bonds. The van der Waals surface area contributed by atoms with E-state index >= 15 is 0 Å². The highest BCUT2D eigenvalue weighted by molar-refractivity contribution is 5.85. The van der Waals surface area contributed by atoms with Crippen LogP contribution in [-0.2, 0) is 13.5 Å². The van der Waals surface area contributed by atoms with Crippen LogP contribution in [0.1, 0.15) is 35.7 Å². The molecule has 0 bridgehead atoms. The fraction of sp³-hybridized carbons (Fsp3) is 0.207. The Morgan fingerprint density at radius 3 is 2.58 bits per heavy atom. The van der Waals surface area contributed by atoms with Crippen molar-refractivity contribution in [3.05, 3.63) is 107 Å². The van der Waals surface area contributed by atoms with Crippen molar-refractivity contribution < 1.29 is 4.79 Å². The lowest BCUT2D eigenvalue weighted by Gasteiger charge is -2.09. The van der Waals surface area contributed by atoms with E-state index in [1.807, 2.05) is 78.5 Å². The number of carbonyl (C=O) groups is 1. The van der Waals surface area contributed by atoms with Crippen molar-refractivity contribution in [2.75, 3.05) is 0 Å². The highest BCUT2D eigenvalue weighted by Crippen LogP contribution is 2.25. The van der Waals surface area contributed by atoms with Crippen LogP contribution >= 0.6 is 0 Å². The minimum absolute atomic E-state index is 0.224. The van der Waals surface area contributed by atoms with Crippen LogP contribution < -0.4 is 11.4 Å². The lowest BCUT2D eigenvalue weighted by Crippen LogP contribution is -2.42. The van der Waals surface area contributed by atoms with E-state index < -0.39 is 17.6 Å². The molecule has 0 fully saturated rings. The quantitative estimate of drug-likeness (QED) is 0.398. The molecule has 1 atom stereocenters. The number of nitrogens with two attached hydrogens (primary N) is 1. The molecule has 2 heterocycles. The third kappa shape index (κ3) is 4.29. The zero-order valence-electron chi connectivity index (χ0n) is 20.5. The Balaban J connectivity index is 1.64. The van der Waals surface area contributed by atoms with Gasteiger partial charge < -0.3 is 10.3 Å². The summed E-state index contributed by atoms with van der Waals surface area (Å²) in [6.07, 6.45) is 2.26. The number of benzene rings is 3. The van der Waals surface area contributed by atoms with Gasteiger partial charge in [0.1, 0.15) is 0 Å². The van der Waals surface area contributed by atoms with Crippen molar-refractivity contribution >= 4 is 16.8 Å². The molecule has 5 aromatic rings. The summed E-state index contributed by atoms with van der Waals surface area (Å²) in [5.41, 5.74) is 9.80. The minimum atomic E-state index is -0.919. The molecular formula is C29H27N5O2. The molecule has 7 nitrogen and oxygen atoms in total. The van der Waals surface area contributed by atoms with Crippen LogP contribution in [-0.4, -0.2) is 30.9 Å². The molecule has 2 radical (unpaired) electrons. The molecule has 7 heteroatoms. The van der Waals surface area contributed by atoms with Gasteiger partial charge in [0, 0.05) is 29.7 Å². The molecule has 0 saturated heterocycles. The summed E-state index contributed by atoms with van der Waals surface area (Å²) in [6.45, 7) is 4.13. The smallest absolute Gasteiger partial charge is 0.351 e. The largest absolute Gasteiger partial charge is 0.358 e. The van der Waals surface area contributed by atoms with Gasteiger partial charge >= 0.3 is 5.69 Å². The normalized spacial score (nSPS) is 12.4. The third-order valence-corrected chi connectivity index (χ3v) is 6.36. The molecule has 2 N–H and O–H groups in total. The van der Waals surface area contributed by atoms with Crippen LogP contribution in [0.25, 0.3) is 28.0 Å². The zero-order valence-corrected chi connectivity index (χ0v) is 20.5. The van der Waals surface area contributed by atoms with Gasteiger partial charge in [-0.25, -0.2) is 9.36 Å². The molecule has 0 aliphatic rings. The molecule has 0 aliphatic heterocycles. The molecule has 1 unspecified atom stereocenters. The van der Waals surface area contributed by atoms with Crippen LogP contribution in [0.4, 0.5) is 0 Å². The van der Waals surface area contributed by atoms with Crippen molar-refractivity contribution in [3.63, 3.8) is 0 Å². The molecule has 5 rings (SSSR count). The van der Waals surface area contributed by atoms with Gasteiger partial charge in [-0.05, 0) is 72.0 Å². The fourth-order valence-corrected chi connectivity index (χ4v) is 4.34. The Morgan fingerprint density at radius 2 is 1.83 bits per heavy atom. The van der Waals surface area contributed by atoms with E-state index in [1.54, 1.807) is 6.07 Å². The first-order chi connectivity index (χ1) is 17.3. The van der Waals surface area contributed by atoms with Crippen LogP contribution in [0.5, 0.6) is 0 Å². The summed E-state index contributed by atoms with van der Waals surface area (Å²) in [7, 11) is 1.97. The van der Waals surface area contributed by atoms with E-state index in [4.69, 9.17) is 5.73 Å². The Bertz CT molecular complexity index is 1610. The van der Waals surface area contributed by atoms with E-state index in [0.717, 1.165) is 26.7 Å². The van der Waals surface area contributed by atoms with E-state index in [9.17, 15) is 9.59 Å². The zero-order chi connectivity index (χ0) is 25.4. The van der Waals surface area contributed by atoms with Gasteiger partial charge in [0.05, 0.1) is 11.7 Å². The number of nitrogens with zero attached hydrogens (tertiary/aromatic N) is 4. The number of hydrogen-bond donors (Lipinski definition) is 1. The van der Waals surface area contributed by atoms with Crippen molar-refractivity contribution in [1.82, 2.24) is 18.9 Å². The monoisotopic (exact) mass is 477 g/mol. The Morgan fingerprint density at radius 1 is 1.06 bits per heavy atom. The molecule has 36 heavy (non-hydrogen) atoms. The van der Waals surface area contributed by atoms with Crippen LogP contribution in [0.15, 0.2) is 77.7 Å². The maximum Gasteiger partial charge on any atom is 0.358 e. The van der Waals surface area contributed by atoms with Crippen molar-refractivity contribution in [2.45, 2.75) is 32.2 Å². The first kappa shape index (κ1) is 23.5. The second kappa shape index (κ2) is 9.43. The molecule has 0 spiro atoms. The first-order valence-electron chi connectivity index (χ1n) is 11.9. The summed E-state index contributed by atoms with van der Waals surface area (Å²) < 4.78 is 4.35. The molecule has 0 saturated carbocycles. The van der Waals surface area contributed by atoms with E-state index in [0.29, 0.717) is 23.5 Å². The minimum Gasteiger partial charge on any atom is -0.351 e. The molecule has 2 aromatic heterocycles. The lowest BCUT2D eigenvalue weighted by atomic mass is 10.0. The highest BCUT2D eigenvalue weighted by Gasteiger charge is 2.25. The molecule has 180 valence electrons. The van der Waals surface area contributed by atoms with Gasteiger partial charge in [0.25, 0.3) is 5.91 Å². The maximum absolute atomic E-state index is 13.7. The predicted molar refractivity (Wildman–Crippen MR) is 140 cm³/mol. The van der Waals surface area contributed by atoms with Crippen LogP contribution in [0, 0.1) is 12.1 Å². The van der Waals surface area contributed by atoms with Gasteiger partial charge in [-0.3, -0.25) is 4.79 Å². The number of fused-ring (bicyclic) bond motifs is 1. The van der Waals surface area contributed by atoms with Gasteiger partial charge in [-0.15, -0.1) is 9.78 Å². The van der Waals surface area contributed by atoms with Crippen LogP contribution in [0.3, 0.4) is 0 Å². The Kier molecular flexibility index (Phi) is 6.16.